The first-order valence-electron chi connectivity index (χ1n) is 38.7. The first kappa shape index (κ1) is 64.2. The normalized spacial score (nSPS) is 13.0. The maximum Gasteiger partial charge on any atom is 0.252 e. The van der Waals surface area contributed by atoms with Gasteiger partial charge in [0.1, 0.15) is 0 Å². The van der Waals surface area contributed by atoms with Crippen LogP contribution in [0.5, 0.6) is 0 Å². The van der Waals surface area contributed by atoms with Crippen LogP contribution >= 0.6 is 34.0 Å². The fourth-order valence-electron chi connectivity index (χ4n) is 19.2. The molecular formula is C102H64B2N6S3. The number of thiophene rings is 3. The molecule has 0 spiro atoms. The van der Waals surface area contributed by atoms with E-state index < -0.39 is 0 Å². The van der Waals surface area contributed by atoms with Crippen molar-refractivity contribution in [1.29, 1.82) is 0 Å². The zero-order chi connectivity index (χ0) is 73.9. The molecule has 6 nitrogen and oxygen atoms in total. The number of hydrogen-bond donors (Lipinski definition) is 0. The lowest BCUT2D eigenvalue weighted by Gasteiger charge is -2.48. The van der Waals surface area contributed by atoms with Gasteiger partial charge >= 0.3 is 0 Å². The first-order chi connectivity index (χ1) is 56.1. The Morgan fingerprint density at radius 3 is 1.06 bits per heavy atom. The molecule has 4 aliphatic rings. The van der Waals surface area contributed by atoms with Crippen LogP contribution in [0.2, 0.25) is 0 Å². The number of rotatable bonds is 11. The van der Waals surface area contributed by atoms with E-state index in [1.807, 2.05) is 34.0 Å². The maximum absolute atomic E-state index is 2.68. The van der Waals surface area contributed by atoms with Gasteiger partial charge < -0.3 is 29.4 Å². The summed E-state index contributed by atoms with van der Waals surface area (Å²) in [5.74, 6) is 0. The smallest absolute Gasteiger partial charge is 0.252 e. The Morgan fingerprint density at radius 1 is 0.212 bits per heavy atom. The summed E-state index contributed by atoms with van der Waals surface area (Å²) >= 11 is 5.60. The Balaban J connectivity index is 0.840. The van der Waals surface area contributed by atoms with E-state index in [4.69, 9.17) is 0 Å². The van der Waals surface area contributed by atoms with Crippen molar-refractivity contribution < 1.29 is 0 Å². The third-order valence-electron chi connectivity index (χ3n) is 23.7. The molecule has 0 aliphatic carbocycles. The Hall–Kier alpha value is -13.7. The molecule has 113 heavy (non-hydrogen) atoms. The number of benzene rings is 17. The van der Waals surface area contributed by atoms with Gasteiger partial charge in [0.25, 0.3) is 13.4 Å². The quantitative estimate of drug-likeness (QED) is 0.119. The highest BCUT2D eigenvalue weighted by Gasteiger charge is 2.50. The largest absolute Gasteiger partial charge is 0.311 e. The van der Waals surface area contributed by atoms with Crippen LogP contribution < -0.4 is 62.2 Å². The molecule has 0 atom stereocenters. The molecule has 0 saturated heterocycles. The molecule has 0 saturated carbocycles. The summed E-state index contributed by atoms with van der Waals surface area (Å²) in [7, 11) is 0. The van der Waals surface area contributed by atoms with Crippen LogP contribution in [-0.4, -0.2) is 13.4 Å². The van der Waals surface area contributed by atoms with Crippen molar-refractivity contribution in [1.82, 2.24) is 0 Å². The van der Waals surface area contributed by atoms with Crippen LogP contribution in [0.3, 0.4) is 0 Å². The minimum absolute atomic E-state index is 0.247. The average Bonchev–Trinajstić information content (AvgIpc) is 1.41. The van der Waals surface area contributed by atoms with E-state index in [9.17, 15) is 0 Å². The maximum atomic E-state index is 2.68. The summed E-state index contributed by atoms with van der Waals surface area (Å²) in [4.78, 5) is 15.6. The van der Waals surface area contributed by atoms with Crippen molar-refractivity contribution in [3.05, 3.63) is 388 Å². The predicted molar refractivity (Wildman–Crippen MR) is 488 cm³/mol. The highest BCUT2D eigenvalue weighted by Crippen LogP contribution is 2.56. The lowest BCUT2D eigenvalue weighted by atomic mass is 9.30. The third-order valence-corrected chi connectivity index (χ3v) is 27.1. The van der Waals surface area contributed by atoms with Gasteiger partial charge in [-0.3, -0.25) is 0 Å². The van der Waals surface area contributed by atoms with Gasteiger partial charge in [-0.15, -0.1) is 34.0 Å². The molecule has 0 unspecified atom stereocenters. The van der Waals surface area contributed by atoms with Crippen molar-refractivity contribution in [3.63, 3.8) is 0 Å². The number of fused-ring (bicyclic) bond motifs is 17. The van der Waals surface area contributed by atoms with Gasteiger partial charge in [-0.25, -0.2) is 0 Å². The molecule has 17 aromatic carbocycles. The van der Waals surface area contributed by atoms with Crippen LogP contribution in [0, 0.1) is 0 Å². The molecule has 3 aromatic heterocycles. The van der Waals surface area contributed by atoms with Crippen LogP contribution in [-0.2, 0) is 0 Å². The Bertz CT molecular complexity index is 7270. The highest BCUT2D eigenvalue weighted by atomic mass is 32.1. The van der Waals surface area contributed by atoms with Crippen molar-refractivity contribution >= 4 is 243 Å². The molecule has 0 radical (unpaired) electrons. The summed E-state index contributed by atoms with van der Waals surface area (Å²) in [5.41, 5.74) is 29.5. The van der Waals surface area contributed by atoms with Crippen molar-refractivity contribution in [2.45, 2.75) is 0 Å². The average molecular weight is 1490 g/mol. The van der Waals surface area contributed by atoms with E-state index in [2.05, 4.69) is 418 Å². The molecule has 11 heteroatoms. The minimum Gasteiger partial charge on any atom is -0.311 e. The number of hydrogen-bond acceptors (Lipinski definition) is 9. The number of para-hydroxylation sites is 7. The molecule has 4 aliphatic heterocycles. The molecule has 0 fully saturated rings. The number of anilines is 18. The molecular weight excluding hydrogens is 1430 g/mol. The van der Waals surface area contributed by atoms with Gasteiger partial charge in [-0.2, -0.15) is 0 Å². The van der Waals surface area contributed by atoms with Crippen molar-refractivity contribution in [3.8, 4) is 11.1 Å². The number of nitrogens with zero attached hydrogens (tertiary/aromatic N) is 6. The summed E-state index contributed by atoms with van der Waals surface area (Å²) in [5, 5.41) is 7.45. The Labute approximate surface area is 666 Å². The second-order valence-electron chi connectivity index (χ2n) is 29.7. The summed E-state index contributed by atoms with van der Waals surface area (Å²) in [6.07, 6.45) is 0. The van der Waals surface area contributed by atoms with E-state index >= 15 is 0 Å². The summed E-state index contributed by atoms with van der Waals surface area (Å²) < 4.78 is 7.53. The van der Waals surface area contributed by atoms with Crippen molar-refractivity contribution in [2.75, 3.05) is 29.4 Å². The van der Waals surface area contributed by atoms with Gasteiger partial charge in [-0.1, -0.05) is 237 Å². The zero-order valence-electron chi connectivity index (χ0n) is 61.0. The topological polar surface area (TPSA) is 19.4 Å². The second kappa shape index (κ2) is 25.4. The lowest BCUT2D eigenvalue weighted by molar-refractivity contribution is 1.22. The van der Waals surface area contributed by atoms with Crippen LogP contribution in [0.4, 0.5) is 102 Å². The lowest BCUT2D eigenvalue weighted by Crippen LogP contribution is -2.65. The predicted octanol–water partition coefficient (Wildman–Crippen LogP) is 25.6. The van der Waals surface area contributed by atoms with E-state index in [1.165, 1.54) is 93.3 Å². The van der Waals surface area contributed by atoms with E-state index in [0.29, 0.717) is 0 Å². The zero-order valence-corrected chi connectivity index (χ0v) is 63.5. The second-order valence-corrected chi connectivity index (χ2v) is 33.0. The Kier molecular flexibility index (Phi) is 14.5. The summed E-state index contributed by atoms with van der Waals surface area (Å²) in [6.45, 7) is -0.499. The Morgan fingerprint density at radius 2 is 0.558 bits per heavy atom. The molecule has 7 heterocycles. The molecule has 0 bridgehead atoms. The van der Waals surface area contributed by atoms with Gasteiger partial charge in [0.2, 0.25) is 0 Å². The van der Waals surface area contributed by atoms with Gasteiger partial charge in [0.15, 0.2) is 0 Å². The standard InChI is InChI=1S/C102H64B2N6S3/c1-6-31-65(32-7-1)72-41-16-22-47-80(72)109-87-64-86-78(63-79(87)103-76-45-20-23-48-81(76)107(68-37-12-4-13-38-68)88-59-70(61-90(109)101(88)103)105(66-33-8-2-9-34-66)83-50-28-56-95-98(83)73-42-17-25-53-92(73)111-95)104-77-46-21-24-49-82(77)110(85-52-30-58-97-100(85)75-44-19-27-55-94(75)113-97)91-62-71(60-89(102(91)104)108(86)69-39-14-5-15-40-69)106(67-35-10-3-11-36-67)84-51-29-57-96-99(84)74-43-18-26-54-93(74)112-96/h1-64H. The van der Waals surface area contributed by atoms with Gasteiger partial charge in [0.05, 0.1) is 34.1 Å². The van der Waals surface area contributed by atoms with Crippen LogP contribution in [0.25, 0.3) is 71.6 Å². The van der Waals surface area contributed by atoms with Crippen molar-refractivity contribution in [2.24, 2.45) is 0 Å². The third kappa shape index (κ3) is 9.72. The fourth-order valence-corrected chi connectivity index (χ4v) is 22.6. The summed E-state index contributed by atoms with van der Waals surface area (Å²) in [6, 6.07) is 146. The molecule has 0 amide bonds. The molecule has 20 aromatic rings. The van der Waals surface area contributed by atoms with E-state index in [0.717, 1.165) is 113 Å². The molecule has 0 N–H and O–H groups in total. The monoisotopic (exact) mass is 1490 g/mol. The fraction of sp³-hybridized carbons (Fsp3) is 0. The van der Waals surface area contributed by atoms with Crippen LogP contribution in [0.15, 0.2) is 388 Å². The molecule has 24 rings (SSSR count). The minimum atomic E-state index is -0.252. The van der Waals surface area contributed by atoms with E-state index in [1.54, 1.807) is 0 Å². The van der Waals surface area contributed by atoms with Gasteiger partial charge in [-0.05, 0) is 190 Å². The van der Waals surface area contributed by atoms with E-state index in [-0.39, 0.29) is 13.4 Å². The first-order valence-corrected chi connectivity index (χ1v) is 41.1. The highest BCUT2D eigenvalue weighted by molar-refractivity contribution is 7.26. The SMILES string of the molecule is c1ccc(-c2ccccc2N2c3cc4c(cc3B3c5ccccc5N(c5ccccc5)c5cc(N(c6ccccc6)c6cccc7sc8ccccc8c67)cc2c53)B2c3ccccc3N(c3cccc5sc6ccccc6c35)c3cc(N(c5ccccc5)c5cccc6sc7ccccc7c56)cc(c32)N4c2ccccc2)cc1. The molecule has 526 valence electrons. The van der Waals surface area contributed by atoms with Gasteiger partial charge in [0, 0.05) is 134 Å². The van der Waals surface area contributed by atoms with Crippen LogP contribution in [0.1, 0.15) is 0 Å².